The van der Waals surface area contributed by atoms with Crippen molar-refractivity contribution in [1.29, 1.82) is 0 Å². The number of ether oxygens (including phenoxy) is 6. The van der Waals surface area contributed by atoms with Crippen LogP contribution in [-0.2, 0) is 28.4 Å². The van der Waals surface area contributed by atoms with E-state index >= 15 is 0 Å². The van der Waals surface area contributed by atoms with E-state index in [1.807, 2.05) is 0 Å². The van der Waals surface area contributed by atoms with Crippen molar-refractivity contribution >= 4 is 18.5 Å². The fourth-order valence-corrected chi connectivity index (χ4v) is 1.56. The van der Waals surface area contributed by atoms with Gasteiger partial charge >= 0.3 is 18.5 Å². The second kappa shape index (κ2) is 4.98. The average molecular weight is 262 g/mol. The van der Waals surface area contributed by atoms with Gasteiger partial charge < -0.3 is 28.4 Å². The third-order valence-corrected chi connectivity index (χ3v) is 2.36. The molecule has 2 aliphatic rings. The molecule has 0 bridgehead atoms. The lowest BCUT2D eigenvalue weighted by Gasteiger charge is -2.23. The molecular weight excluding hydrogens is 252 g/mol. The van der Waals surface area contributed by atoms with Crippen molar-refractivity contribution in [3.05, 3.63) is 0 Å². The SMILES string of the molecule is COC(=O)OC(C1COC(=O)O1)C1COC(=O)O1. The molecule has 0 aliphatic carbocycles. The first-order valence-electron chi connectivity index (χ1n) is 5.01. The van der Waals surface area contributed by atoms with Crippen molar-refractivity contribution in [3.63, 3.8) is 0 Å². The summed E-state index contributed by atoms with van der Waals surface area (Å²) in [5.74, 6) is 0. The molecule has 100 valence electrons. The summed E-state index contributed by atoms with van der Waals surface area (Å²) in [6, 6.07) is 0. The second-order valence-corrected chi connectivity index (χ2v) is 3.47. The van der Waals surface area contributed by atoms with Gasteiger partial charge in [-0.05, 0) is 0 Å². The summed E-state index contributed by atoms with van der Waals surface area (Å²) in [4.78, 5) is 32.8. The van der Waals surface area contributed by atoms with E-state index in [9.17, 15) is 14.4 Å². The van der Waals surface area contributed by atoms with Gasteiger partial charge in [0.25, 0.3) is 0 Å². The summed E-state index contributed by atoms with van der Waals surface area (Å²) < 4.78 is 27.9. The smallest absolute Gasteiger partial charge is 0.438 e. The highest BCUT2D eigenvalue weighted by Crippen LogP contribution is 2.22. The third-order valence-electron chi connectivity index (χ3n) is 2.36. The Morgan fingerprint density at radius 1 is 1.17 bits per heavy atom. The molecule has 2 fully saturated rings. The van der Waals surface area contributed by atoms with Gasteiger partial charge in [0.05, 0.1) is 7.11 Å². The van der Waals surface area contributed by atoms with E-state index in [0.717, 1.165) is 7.11 Å². The molecule has 18 heavy (non-hydrogen) atoms. The fourth-order valence-electron chi connectivity index (χ4n) is 1.56. The molecule has 0 aromatic rings. The first kappa shape index (κ1) is 12.3. The van der Waals surface area contributed by atoms with Gasteiger partial charge in [-0.2, -0.15) is 0 Å². The van der Waals surface area contributed by atoms with Crippen LogP contribution in [0.2, 0.25) is 0 Å². The zero-order valence-corrected chi connectivity index (χ0v) is 9.32. The highest BCUT2D eigenvalue weighted by atomic mass is 16.8. The molecule has 9 heteroatoms. The van der Waals surface area contributed by atoms with Crippen molar-refractivity contribution in [2.75, 3.05) is 20.3 Å². The predicted molar refractivity (Wildman–Crippen MR) is 49.7 cm³/mol. The van der Waals surface area contributed by atoms with Crippen LogP contribution in [-0.4, -0.2) is 57.1 Å². The van der Waals surface area contributed by atoms with Crippen LogP contribution in [0.25, 0.3) is 0 Å². The summed E-state index contributed by atoms with van der Waals surface area (Å²) in [5.41, 5.74) is 0. The van der Waals surface area contributed by atoms with Gasteiger partial charge in [0.2, 0.25) is 0 Å². The maximum absolute atomic E-state index is 11.1. The fraction of sp³-hybridized carbons (Fsp3) is 0.667. The van der Waals surface area contributed by atoms with Crippen LogP contribution < -0.4 is 0 Å². The molecule has 0 aromatic carbocycles. The molecule has 2 unspecified atom stereocenters. The van der Waals surface area contributed by atoms with Crippen molar-refractivity contribution in [3.8, 4) is 0 Å². The number of hydrogen-bond donors (Lipinski definition) is 0. The first-order valence-corrected chi connectivity index (χ1v) is 5.01. The van der Waals surface area contributed by atoms with Gasteiger partial charge in [-0.3, -0.25) is 0 Å². The minimum absolute atomic E-state index is 0.117. The van der Waals surface area contributed by atoms with E-state index in [1.165, 1.54) is 0 Å². The van der Waals surface area contributed by atoms with Gasteiger partial charge in [0, 0.05) is 0 Å². The molecule has 2 rings (SSSR count). The van der Waals surface area contributed by atoms with Crippen molar-refractivity contribution in [2.24, 2.45) is 0 Å². The summed E-state index contributed by atoms with van der Waals surface area (Å²) in [6.07, 6.45) is -5.57. The van der Waals surface area contributed by atoms with Crippen LogP contribution in [0.1, 0.15) is 0 Å². The molecule has 0 aromatic heterocycles. The zero-order chi connectivity index (χ0) is 13.1. The quantitative estimate of drug-likeness (QED) is 0.520. The molecule has 0 N–H and O–H groups in total. The maximum atomic E-state index is 11.1. The molecule has 2 heterocycles. The Balaban J connectivity index is 2.04. The first-order chi connectivity index (χ1) is 8.60. The lowest BCUT2D eigenvalue weighted by molar-refractivity contribution is -0.0646. The Bertz CT molecular complexity index is 339. The van der Waals surface area contributed by atoms with E-state index in [4.69, 9.17) is 14.2 Å². The number of carbonyl (C=O) groups excluding carboxylic acids is 3. The number of cyclic esters (lactones) is 4. The van der Waals surface area contributed by atoms with E-state index in [1.54, 1.807) is 0 Å². The molecule has 9 nitrogen and oxygen atoms in total. The van der Waals surface area contributed by atoms with Crippen LogP contribution >= 0.6 is 0 Å². The van der Waals surface area contributed by atoms with Crippen molar-refractivity contribution in [2.45, 2.75) is 18.3 Å². The predicted octanol–water partition coefficient (Wildman–Crippen LogP) is 0.209. The van der Waals surface area contributed by atoms with Gasteiger partial charge in [-0.25, -0.2) is 14.4 Å². The monoisotopic (exact) mass is 262 g/mol. The summed E-state index contributed by atoms with van der Waals surface area (Å²) in [6.45, 7) is -0.233. The largest absolute Gasteiger partial charge is 0.508 e. The van der Waals surface area contributed by atoms with Gasteiger partial charge in [-0.1, -0.05) is 0 Å². The number of methoxy groups -OCH3 is 1. The number of rotatable bonds is 3. The highest BCUT2D eigenvalue weighted by Gasteiger charge is 2.45. The third kappa shape index (κ3) is 2.55. The molecule has 0 spiro atoms. The summed E-state index contributed by atoms with van der Waals surface area (Å²) >= 11 is 0. The van der Waals surface area contributed by atoms with Crippen molar-refractivity contribution in [1.82, 2.24) is 0 Å². The van der Waals surface area contributed by atoms with Gasteiger partial charge in [-0.15, -0.1) is 0 Å². The maximum Gasteiger partial charge on any atom is 0.508 e. The molecule has 2 atom stereocenters. The lowest BCUT2D eigenvalue weighted by atomic mass is 10.1. The number of carbonyl (C=O) groups is 3. The standard InChI is InChI=1S/C9H10O9/c1-13-7(10)18-6(4-2-14-8(11)16-4)5-3-15-9(12)17-5/h4-6H,2-3H2,1H3. The lowest BCUT2D eigenvalue weighted by Crippen LogP contribution is -2.43. The molecular formula is C9H10O9. The Kier molecular flexibility index (Phi) is 3.40. The van der Waals surface area contributed by atoms with Crippen LogP contribution in [0.3, 0.4) is 0 Å². The Hall–Kier alpha value is -2.19. The van der Waals surface area contributed by atoms with E-state index < -0.39 is 36.8 Å². The normalized spacial score (nSPS) is 27.6. The second-order valence-electron chi connectivity index (χ2n) is 3.47. The minimum Gasteiger partial charge on any atom is -0.438 e. The van der Waals surface area contributed by atoms with E-state index in [2.05, 4.69) is 14.2 Å². The van der Waals surface area contributed by atoms with Crippen LogP contribution in [0.5, 0.6) is 0 Å². The Labute approximate surface area is 101 Å². The van der Waals surface area contributed by atoms with Crippen LogP contribution in [0.4, 0.5) is 14.4 Å². The molecule has 2 aliphatic heterocycles. The minimum atomic E-state index is -1.05. The molecule has 0 saturated carbocycles. The average Bonchev–Trinajstić information content (AvgIpc) is 2.95. The van der Waals surface area contributed by atoms with Gasteiger partial charge in [0.1, 0.15) is 13.2 Å². The Morgan fingerprint density at radius 3 is 2.00 bits per heavy atom. The number of hydrogen-bond acceptors (Lipinski definition) is 9. The molecule has 0 radical (unpaired) electrons. The van der Waals surface area contributed by atoms with Crippen LogP contribution in [0, 0.1) is 0 Å². The Morgan fingerprint density at radius 2 is 1.67 bits per heavy atom. The topological polar surface area (TPSA) is 107 Å². The summed E-state index contributed by atoms with van der Waals surface area (Å²) in [7, 11) is 1.12. The zero-order valence-electron chi connectivity index (χ0n) is 9.32. The van der Waals surface area contributed by atoms with Crippen molar-refractivity contribution < 1.29 is 42.8 Å². The molecule has 0 amide bonds. The molecule has 2 saturated heterocycles. The highest BCUT2D eigenvalue weighted by molar-refractivity contribution is 5.64. The van der Waals surface area contributed by atoms with E-state index in [0.29, 0.717) is 0 Å². The van der Waals surface area contributed by atoms with Crippen LogP contribution in [0.15, 0.2) is 0 Å². The van der Waals surface area contributed by atoms with Gasteiger partial charge in [0.15, 0.2) is 18.3 Å². The van der Waals surface area contributed by atoms with E-state index in [-0.39, 0.29) is 13.2 Å². The summed E-state index contributed by atoms with van der Waals surface area (Å²) in [5, 5.41) is 0.